The summed E-state index contributed by atoms with van der Waals surface area (Å²) in [6.07, 6.45) is 3.45. The molecule has 3 nitrogen and oxygen atoms in total. The Kier molecular flexibility index (Phi) is 3.06. The first-order valence-electron chi connectivity index (χ1n) is 7.15. The molecule has 1 aliphatic heterocycles. The summed E-state index contributed by atoms with van der Waals surface area (Å²) in [4.78, 5) is 2.44. The van der Waals surface area contributed by atoms with Crippen LogP contribution in [0, 0.1) is 13.8 Å². The minimum atomic E-state index is -0.677. The number of aryl methyl sites for hydroxylation is 2. The summed E-state index contributed by atoms with van der Waals surface area (Å²) in [6, 6.07) is 4.88. The van der Waals surface area contributed by atoms with Gasteiger partial charge in [0.1, 0.15) is 11.4 Å². The number of rotatable bonds is 3. The van der Waals surface area contributed by atoms with Gasteiger partial charge in [-0.15, -0.1) is 0 Å². The number of hydrogen-bond donors (Lipinski definition) is 1. The van der Waals surface area contributed by atoms with Crippen LogP contribution in [-0.4, -0.2) is 36.2 Å². The zero-order valence-electron chi connectivity index (χ0n) is 12.1. The van der Waals surface area contributed by atoms with Crippen LogP contribution in [0.2, 0.25) is 0 Å². The molecular weight excluding hydrogens is 238 g/mol. The molecule has 1 aromatic carbocycles. The second kappa shape index (κ2) is 4.50. The van der Waals surface area contributed by atoms with Crippen LogP contribution in [-0.2, 0) is 5.60 Å². The molecule has 19 heavy (non-hydrogen) atoms. The van der Waals surface area contributed by atoms with Crippen LogP contribution in [0.3, 0.4) is 0 Å². The summed E-state index contributed by atoms with van der Waals surface area (Å²) in [7, 11) is 1.69. The van der Waals surface area contributed by atoms with E-state index in [-0.39, 0.29) is 0 Å². The Hall–Kier alpha value is -1.06. The topological polar surface area (TPSA) is 32.7 Å². The summed E-state index contributed by atoms with van der Waals surface area (Å²) in [5.41, 5.74) is 2.63. The van der Waals surface area contributed by atoms with Gasteiger partial charge in [-0.25, -0.2) is 0 Å². The largest absolute Gasteiger partial charge is 0.496 e. The normalized spacial score (nSPS) is 27.8. The molecule has 2 aliphatic rings. The maximum Gasteiger partial charge on any atom is 0.122 e. The van der Waals surface area contributed by atoms with Gasteiger partial charge in [-0.1, -0.05) is 0 Å². The third kappa shape index (κ3) is 2.26. The second-order valence-electron chi connectivity index (χ2n) is 6.12. The number of β-amino-alcohol motifs (C(OH)–C–C–N with tert-alkyl or cyclic N) is 1. The van der Waals surface area contributed by atoms with Crippen molar-refractivity contribution in [1.29, 1.82) is 0 Å². The van der Waals surface area contributed by atoms with Crippen LogP contribution in [0.25, 0.3) is 0 Å². The van der Waals surface area contributed by atoms with E-state index in [1.165, 1.54) is 12.8 Å². The van der Waals surface area contributed by atoms with Gasteiger partial charge in [-0.05, 0) is 61.9 Å². The molecule has 2 fully saturated rings. The van der Waals surface area contributed by atoms with Gasteiger partial charge in [-0.3, -0.25) is 4.90 Å². The van der Waals surface area contributed by atoms with E-state index in [1.54, 1.807) is 7.11 Å². The lowest BCUT2D eigenvalue weighted by molar-refractivity contribution is 0.0445. The van der Waals surface area contributed by atoms with E-state index in [9.17, 15) is 5.11 Å². The average Bonchev–Trinajstić information content (AvgIpc) is 3.15. The predicted molar refractivity (Wildman–Crippen MR) is 75.6 cm³/mol. The van der Waals surface area contributed by atoms with Crippen molar-refractivity contribution in [1.82, 2.24) is 4.90 Å². The predicted octanol–water partition coefficient (Wildman–Crippen LogP) is 2.37. The van der Waals surface area contributed by atoms with Gasteiger partial charge in [0.2, 0.25) is 0 Å². The maximum absolute atomic E-state index is 11.0. The molecular formula is C16H23NO2. The molecule has 0 spiro atoms. The second-order valence-corrected chi connectivity index (χ2v) is 6.12. The SMILES string of the molecule is COc1cc(C)c(C2(O)CCN(C3CC3)C2)cc1C. The van der Waals surface area contributed by atoms with Crippen LogP contribution >= 0.6 is 0 Å². The number of nitrogens with zero attached hydrogens (tertiary/aromatic N) is 1. The molecule has 3 heteroatoms. The van der Waals surface area contributed by atoms with Crippen molar-refractivity contribution < 1.29 is 9.84 Å². The minimum Gasteiger partial charge on any atom is -0.496 e. The molecule has 1 aromatic rings. The van der Waals surface area contributed by atoms with E-state index in [4.69, 9.17) is 4.74 Å². The first-order chi connectivity index (χ1) is 9.03. The number of benzene rings is 1. The lowest BCUT2D eigenvalue weighted by Gasteiger charge is -2.27. The zero-order valence-corrected chi connectivity index (χ0v) is 12.1. The highest BCUT2D eigenvalue weighted by molar-refractivity contribution is 5.44. The van der Waals surface area contributed by atoms with Crippen molar-refractivity contribution in [3.8, 4) is 5.75 Å². The summed E-state index contributed by atoms with van der Waals surface area (Å²) in [6.45, 7) is 5.91. The number of aliphatic hydroxyl groups is 1. The molecule has 104 valence electrons. The van der Waals surface area contributed by atoms with Crippen LogP contribution in [0.5, 0.6) is 5.75 Å². The molecule has 0 amide bonds. The van der Waals surface area contributed by atoms with Crippen LogP contribution in [0.4, 0.5) is 0 Å². The highest BCUT2D eigenvalue weighted by atomic mass is 16.5. The van der Waals surface area contributed by atoms with Gasteiger partial charge >= 0.3 is 0 Å². The quantitative estimate of drug-likeness (QED) is 0.906. The number of hydrogen-bond acceptors (Lipinski definition) is 3. The Balaban J connectivity index is 1.90. The Morgan fingerprint density at radius 1 is 1.26 bits per heavy atom. The summed E-state index contributed by atoms with van der Waals surface area (Å²) < 4.78 is 5.35. The van der Waals surface area contributed by atoms with Crippen molar-refractivity contribution in [3.05, 3.63) is 28.8 Å². The van der Waals surface area contributed by atoms with E-state index >= 15 is 0 Å². The fraction of sp³-hybridized carbons (Fsp3) is 0.625. The van der Waals surface area contributed by atoms with Gasteiger partial charge in [0, 0.05) is 19.1 Å². The number of methoxy groups -OCH3 is 1. The van der Waals surface area contributed by atoms with E-state index in [0.29, 0.717) is 0 Å². The van der Waals surface area contributed by atoms with Crippen LogP contribution < -0.4 is 4.74 Å². The van der Waals surface area contributed by atoms with Crippen molar-refractivity contribution in [2.45, 2.75) is 44.8 Å². The monoisotopic (exact) mass is 261 g/mol. The Bertz CT molecular complexity index is 496. The van der Waals surface area contributed by atoms with Gasteiger partial charge < -0.3 is 9.84 Å². The number of ether oxygens (including phenoxy) is 1. The third-order valence-electron chi connectivity index (χ3n) is 4.58. The van der Waals surface area contributed by atoms with Crippen LogP contribution in [0.15, 0.2) is 12.1 Å². The average molecular weight is 261 g/mol. The van der Waals surface area contributed by atoms with E-state index in [0.717, 1.165) is 48.0 Å². The summed E-state index contributed by atoms with van der Waals surface area (Å²) >= 11 is 0. The van der Waals surface area contributed by atoms with Crippen molar-refractivity contribution >= 4 is 0 Å². The van der Waals surface area contributed by atoms with E-state index < -0.39 is 5.60 Å². The first kappa shape index (κ1) is 12.9. The molecule has 0 aromatic heterocycles. The van der Waals surface area contributed by atoms with Gasteiger partial charge in [0.15, 0.2) is 0 Å². The minimum absolute atomic E-state index is 0.677. The van der Waals surface area contributed by atoms with Gasteiger partial charge in [-0.2, -0.15) is 0 Å². The summed E-state index contributed by atoms with van der Waals surface area (Å²) in [5, 5.41) is 11.0. The van der Waals surface area contributed by atoms with E-state index in [2.05, 4.69) is 17.9 Å². The molecule has 0 radical (unpaired) electrons. The molecule has 1 saturated heterocycles. The van der Waals surface area contributed by atoms with Crippen molar-refractivity contribution in [3.63, 3.8) is 0 Å². The Morgan fingerprint density at radius 2 is 2.00 bits per heavy atom. The zero-order chi connectivity index (χ0) is 13.6. The molecule has 1 N–H and O–H groups in total. The van der Waals surface area contributed by atoms with Gasteiger partial charge in [0.25, 0.3) is 0 Å². The molecule has 1 unspecified atom stereocenters. The van der Waals surface area contributed by atoms with Crippen molar-refractivity contribution in [2.24, 2.45) is 0 Å². The van der Waals surface area contributed by atoms with E-state index in [1.807, 2.05) is 13.0 Å². The molecule has 0 bridgehead atoms. The Morgan fingerprint density at radius 3 is 2.63 bits per heavy atom. The maximum atomic E-state index is 11.0. The molecule has 1 heterocycles. The molecule has 3 rings (SSSR count). The highest BCUT2D eigenvalue weighted by Crippen LogP contribution is 2.40. The smallest absolute Gasteiger partial charge is 0.122 e. The third-order valence-corrected chi connectivity index (χ3v) is 4.58. The van der Waals surface area contributed by atoms with Crippen LogP contribution in [0.1, 0.15) is 36.0 Å². The highest BCUT2D eigenvalue weighted by Gasteiger charge is 2.43. The standard InChI is InChI=1S/C16H23NO2/c1-11-9-15(19-3)12(2)8-14(11)16(18)6-7-17(10-16)13-4-5-13/h8-9,13,18H,4-7,10H2,1-3H3. The summed E-state index contributed by atoms with van der Waals surface area (Å²) in [5.74, 6) is 0.905. The van der Waals surface area contributed by atoms with Crippen molar-refractivity contribution in [2.75, 3.05) is 20.2 Å². The molecule has 1 saturated carbocycles. The number of likely N-dealkylation sites (tertiary alicyclic amines) is 1. The first-order valence-corrected chi connectivity index (χ1v) is 7.15. The van der Waals surface area contributed by atoms with Gasteiger partial charge in [0.05, 0.1) is 7.11 Å². The molecule has 1 atom stereocenters. The lowest BCUT2D eigenvalue weighted by atomic mass is 9.88. The lowest BCUT2D eigenvalue weighted by Crippen LogP contribution is -2.32. The fourth-order valence-electron chi connectivity index (χ4n) is 3.30. The fourth-order valence-corrected chi connectivity index (χ4v) is 3.30. The molecule has 1 aliphatic carbocycles. The Labute approximate surface area is 115 Å².